The van der Waals surface area contributed by atoms with Crippen LogP contribution in [0.3, 0.4) is 0 Å². The largest absolute Gasteiger partial charge is 0.506 e. The molecule has 6 rings (SSSR count). The Hall–Kier alpha value is -1.75. The predicted octanol–water partition coefficient (Wildman–Crippen LogP) is 1.43. The van der Waals surface area contributed by atoms with E-state index in [4.69, 9.17) is 0 Å². The summed E-state index contributed by atoms with van der Waals surface area (Å²) in [5.74, 6) is 3.39. The summed E-state index contributed by atoms with van der Waals surface area (Å²) in [6.45, 7) is 5.15. The van der Waals surface area contributed by atoms with Crippen LogP contribution in [0.1, 0.15) is 38.5 Å². The third-order valence-corrected chi connectivity index (χ3v) is 7.93. The number of quaternary nitrogens is 1. The molecular formula is C23H34N3O2+. The summed E-state index contributed by atoms with van der Waals surface area (Å²) in [5, 5.41) is 13.4. The Morgan fingerprint density at radius 2 is 1.68 bits per heavy atom. The van der Waals surface area contributed by atoms with Crippen LogP contribution in [0.5, 0.6) is 5.75 Å². The lowest BCUT2D eigenvalue weighted by atomic mass is 9.49. The average molecular weight is 385 g/mol. The van der Waals surface area contributed by atoms with Crippen molar-refractivity contribution in [3.05, 3.63) is 24.3 Å². The molecule has 1 aromatic rings. The van der Waals surface area contributed by atoms with Crippen molar-refractivity contribution >= 4 is 11.6 Å². The average Bonchev–Trinajstić information content (AvgIpc) is 2.67. The number of aromatic hydroxyl groups is 1. The Kier molecular flexibility index (Phi) is 4.74. The highest BCUT2D eigenvalue weighted by atomic mass is 16.3. The number of nitrogens with zero attached hydrogens (tertiary/aromatic N) is 1. The Morgan fingerprint density at radius 1 is 1.07 bits per heavy atom. The van der Waals surface area contributed by atoms with Gasteiger partial charge in [-0.05, 0) is 73.8 Å². The smallest absolute Gasteiger partial charge is 0.275 e. The van der Waals surface area contributed by atoms with Gasteiger partial charge in [0.05, 0.1) is 31.9 Å². The van der Waals surface area contributed by atoms with Crippen molar-refractivity contribution in [3.63, 3.8) is 0 Å². The number of nitrogens with one attached hydrogen (secondary N) is 2. The van der Waals surface area contributed by atoms with Crippen LogP contribution in [0.25, 0.3) is 0 Å². The first kappa shape index (κ1) is 18.3. The molecule has 3 N–H and O–H groups in total. The van der Waals surface area contributed by atoms with E-state index >= 15 is 0 Å². The van der Waals surface area contributed by atoms with Crippen LogP contribution in [0.4, 0.5) is 5.69 Å². The van der Waals surface area contributed by atoms with E-state index in [0.717, 1.165) is 56.2 Å². The molecule has 5 nitrogen and oxygen atoms in total. The zero-order valence-electron chi connectivity index (χ0n) is 16.8. The summed E-state index contributed by atoms with van der Waals surface area (Å²) < 4.78 is 0. The van der Waals surface area contributed by atoms with Gasteiger partial charge in [0, 0.05) is 6.54 Å². The van der Waals surface area contributed by atoms with E-state index < -0.39 is 0 Å². The molecule has 28 heavy (non-hydrogen) atoms. The van der Waals surface area contributed by atoms with Crippen LogP contribution in [0.2, 0.25) is 0 Å². The number of amides is 1. The number of phenols is 1. The lowest BCUT2D eigenvalue weighted by Crippen LogP contribution is -3.16. The number of para-hydroxylation sites is 2. The van der Waals surface area contributed by atoms with Crippen molar-refractivity contribution in [1.29, 1.82) is 0 Å². The maximum absolute atomic E-state index is 12.6. The molecule has 1 amide bonds. The third-order valence-electron chi connectivity index (χ3n) is 7.93. The maximum Gasteiger partial charge on any atom is 0.275 e. The fourth-order valence-electron chi connectivity index (χ4n) is 7.05. The molecule has 1 aliphatic heterocycles. The Morgan fingerprint density at radius 3 is 2.29 bits per heavy atom. The van der Waals surface area contributed by atoms with Crippen LogP contribution in [0, 0.1) is 23.2 Å². The normalized spacial score (nSPS) is 34.6. The summed E-state index contributed by atoms with van der Waals surface area (Å²) in [5.41, 5.74) is 1.33. The van der Waals surface area contributed by atoms with Crippen LogP contribution in [-0.4, -0.2) is 50.3 Å². The highest BCUT2D eigenvalue weighted by Gasteiger charge is 2.50. The molecule has 4 saturated carbocycles. The summed E-state index contributed by atoms with van der Waals surface area (Å²) in [7, 11) is 0. The summed E-state index contributed by atoms with van der Waals surface area (Å²) in [6, 6.07) is 7.53. The van der Waals surface area contributed by atoms with Crippen molar-refractivity contribution in [2.75, 3.05) is 44.2 Å². The van der Waals surface area contributed by atoms with E-state index in [-0.39, 0.29) is 5.91 Å². The summed E-state index contributed by atoms with van der Waals surface area (Å²) in [6.07, 6.45) is 8.43. The zero-order valence-corrected chi connectivity index (χ0v) is 16.8. The van der Waals surface area contributed by atoms with Crippen LogP contribution >= 0.6 is 0 Å². The SMILES string of the molecule is O=C(C[NH+]1CCN(c2ccccc2O)CC1)NCC12CC3CC(CC(C3)C1)C2. The number of benzene rings is 1. The number of carbonyl (C=O) groups excluding carboxylic acids is 1. The quantitative estimate of drug-likeness (QED) is 0.720. The molecule has 0 spiro atoms. The molecule has 0 atom stereocenters. The van der Waals surface area contributed by atoms with Crippen molar-refractivity contribution in [2.45, 2.75) is 38.5 Å². The number of rotatable bonds is 5. The van der Waals surface area contributed by atoms with E-state index in [1.807, 2.05) is 18.2 Å². The molecule has 152 valence electrons. The Balaban J connectivity index is 1.09. The van der Waals surface area contributed by atoms with Gasteiger partial charge in [0.1, 0.15) is 5.75 Å². The first-order valence-electron chi connectivity index (χ1n) is 11.2. The van der Waals surface area contributed by atoms with E-state index in [2.05, 4.69) is 10.2 Å². The molecule has 5 aliphatic rings. The van der Waals surface area contributed by atoms with Gasteiger partial charge >= 0.3 is 0 Å². The Labute approximate surface area is 168 Å². The van der Waals surface area contributed by atoms with E-state index in [1.54, 1.807) is 6.07 Å². The second kappa shape index (κ2) is 7.25. The molecular weight excluding hydrogens is 350 g/mol. The van der Waals surface area contributed by atoms with E-state index in [1.165, 1.54) is 43.4 Å². The summed E-state index contributed by atoms with van der Waals surface area (Å²) >= 11 is 0. The van der Waals surface area contributed by atoms with Gasteiger partial charge in [-0.15, -0.1) is 0 Å². The second-order valence-electron chi connectivity index (χ2n) is 10.1. The van der Waals surface area contributed by atoms with Crippen molar-refractivity contribution in [3.8, 4) is 5.75 Å². The number of piperazine rings is 1. The minimum atomic E-state index is 0.224. The predicted molar refractivity (Wildman–Crippen MR) is 109 cm³/mol. The fourth-order valence-corrected chi connectivity index (χ4v) is 7.05. The first-order chi connectivity index (χ1) is 13.6. The van der Waals surface area contributed by atoms with Gasteiger partial charge in [-0.2, -0.15) is 0 Å². The van der Waals surface area contributed by atoms with Crippen molar-refractivity contribution in [1.82, 2.24) is 5.32 Å². The molecule has 1 saturated heterocycles. The molecule has 1 aromatic carbocycles. The number of phenolic OH excluding ortho intramolecular Hbond substituents is 1. The standard InChI is InChI=1S/C23H33N3O2/c27-21-4-2-1-3-20(21)26-7-5-25(6-8-26)15-22(28)24-16-23-12-17-9-18(13-23)11-19(10-17)14-23/h1-4,17-19,27H,5-16H2,(H,24,28)/p+1. The van der Waals surface area contributed by atoms with Crippen LogP contribution < -0.4 is 15.1 Å². The molecule has 5 heteroatoms. The van der Waals surface area contributed by atoms with Gasteiger partial charge in [0.25, 0.3) is 5.91 Å². The molecule has 4 aliphatic carbocycles. The molecule has 5 fully saturated rings. The first-order valence-corrected chi connectivity index (χ1v) is 11.2. The van der Waals surface area contributed by atoms with Crippen LogP contribution in [-0.2, 0) is 4.79 Å². The number of hydrogen-bond acceptors (Lipinski definition) is 3. The molecule has 1 heterocycles. The highest BCUT2D eigenvalue weighted by molar-refractivity contribution is 5.76. The monoisotopic (exact) mass is 384 g/mol. The molecule has 4 bridgehead atoms. The number of anilines is 1. The number of carbonyl (C=O) groups is 1. The summed E-state index contributed by atoms with van der Waals surface area (Å²) in [4.78, 5) is 16.2. The highest BCUT2D eigenvalue weighted by Crippen LogP contribution is 2.59. The molecule has 0 aromatic heterocycles. The maximum atomic E-state index is 12.6. The van der Waals surface area contributed by atoms with Gasteiger partial charge in [0.15, 0.2) is 6.54 Å². The van der Waals surface area contributed by atoms with Crippen molar-refractivity contribution in [2.24, 2.45) is 23.2 Å². The second-order valence-corrected chi connectivity index (χ2v) is 10.1. The number of hydrogen-bond donors (Lipinski definition) is 3. The van der Waals surface area contributed by atoms with Gasteiger partial charge in [-0.3, -0.25) is 4.79 Å². The van der Waals surface area contributed by atoms with Gasteiger partial charge in [0.2, 0.25) is 0 Å². The van der Waals surface area contributed by atoms with Crippen LogP contribution in [0.15, 0.2) is 24.3 Å². The molecule has 0 radical (unpaired) electrons. The third kappa shape index (κ3) is 3.61. The Bertz CT molecular complexity index is 691. The molecule has 0 unspecified atom stereocenters. The van der Waals surface area contributed by atoms with Gasteiger partial charge in [-0.25, -0.2) is 0 Å². The fraction of sp³-hybridized carbons (Fsp3) is 0.696. The lowest BCUT2D eigenvalue weighted by Gasteiger charge is -2.56. The zero-order chi connectivity index (χ0) is 19.1. The topological polar surface area (TPSA) is 57.0 Å². The van der Waals surface area contributed by atoms with E-state index in [0.29, 0.717) is 17.7 Å². The minimum absolute atomic E-state index is 0.224. The lowest BCUT2D eigenvalue weighted by molar-refractivity contribution is -0.892. The van der Waals surface area contributed by atoms with Gasteiger partial charge in [-0.1, -0.05) is 12.1 Å². The van der Waals surface area contributed by atoms with E-state index in [9.17, 15) is 9.90 Å². The van der Waals surface area contributed by atoms with Gasteiger partial charge < -0.3 is 20.2 Å². The minimum Gasteiger partial charge on any atom is -0.506 e. The van der Waals surface area contributed by atoms with Crippen molar-refractivity contribution < 1.29 is 14.8 Å².